The molecular weight excluding hydrogens is 220 g/mol. The van der Waals surface area contributed by atoms with Crippen molar-refractivity contribution in [1.29, 1.82) is 0 Å². The Morgan fingerprint density at radius 1 is 1.53 bits per heavy atom. The largest absolute Gasteiger partial charge is 0.305 e. The van der Waals surface area contributed by atoms with Gasteiger partial charge >= 0.3 is 0 Å². The highest BCUT2D eigenvalue weighted by atomic mass is 16.2. The van der Waals surface area contributed by atoms with Crippen LogP contribution in [0.2, 0.25) is 0 Å². The average Bonchev–Trinajstić information content (AvgIpc) is 2.93. The van der Waals surface area contributed by atoms with Crippen LogP contribution in [0.4, 0.5) is 5.95 Å². The summed E-state index contributed by atoms with van der Waals surface area (Å²) in [5.41, 5.74) is 0. The quantitative estimate of drug-likeness (QED) is 0.725. The van der Waals surface area contributed by atoms with Crippen molar-refractivity contribution in [1.82, 2.24) is 25.5 Å². The monoisotopic (exact) mass is 236 g/mol. The van der Waals surface area contributed by atoms with Crippen molar-refractivity contribution >= 4 is 11.9 Å². The summed E-state index contributed by atoms with van der Waals surface area (Å²) in [6, 6.07) is -0.0914. The molecular formula is C10H16N6O. The zero-order valence-corrected chi connectivity index (χ0v) is 9.76. The number of anilines is 1. The van der Waals surface area contributed by atoms with Crippen molar-refractivity contribution in [3.05, 3.63) is 0 Å². The first-order valence-electron chi connectivity index (χ1n) is 6.02. The van der Waals surface area contributed by atoms with E-state index >= 15 is 0 Å². The minimum Gasteiger partial charge on any atom is -0.305 e. The molecule has 1 saturated carbocycles. The smallest absolute Gasteiger partial charge is 0.270 e. The zero-order chi connectivity index (χ0) is 11.8. The van der Waals surface area contributed by atoms with Crippen LogP contribution in [0.15, 0.2) is 0 Å². The van der Waals surface area contributed by atoms with Gasteiger partial charge in [0.1, 0.15) is 0 Å². The molecule has 3 rings (SSSR count). The fourth-order valence-electron chi connectivity index (χ4n) is 3.00. The number of carbonyl (C=O) groups excluding carboxylic acids is 1. The second-order valence-electron chi connectivity index (χ2n) is 4.83. The van der Waals surface area contributed by atoms with Gasteiger partial charge in [-0.3, -0.25) is 10.1 Å². The van der Waals surface area contributed by atoms with E-state index in [1.165, 1.54) is 17.6 Å². The summed E-state index contributed by atoms with van der Waals surface area (Å²) in [4.78, 5) is 13.4. The standard InChI is InChI=1S/C10H16N6O/c1-16-14-10(13-15-16)12-9(17)8-7-4-2-3-6(7)5-11-8/h6-8,11H,2-5H2,1H3,(H,12,14,17). The zero-order valence-electron chi connectivity index (χ0n) is 9.76. The van der Waals surface area contributed by atoms with Gasteiger partial charge in [-0.15, -0.1) is 5.10 Å². The van der Waals surface area contributed by atoms with Gasteiger partial charge in [0.15, 0.2) is 0 Å². The van der Waals surface area contributed by atoms with Crippen LogP contribution in [0.5, 0.6) is 0 Å². The first-order chi connectivity index (χ1) is 8.24. The van der Waals surface area contributed by atoms with Crippen LogP contribution in [-0.2, 0) is 11.8 Å². The number of hydrogen-bond donors (Lipinski definition) is 2. The summed E-state index contributed by atoms with van der Waals surface area (Å²) in [6.45, 7) is 0.955. The number of hydrogen-bond acceptors (Lipinski definition) is 5. The third-order valence-electron chi connectivity index (χ3n) is 3.77. The molecule has 7 heteroatoms. The van der Waals surface area contributed by atoms with E-state index in [1.54, 1.807) is 7.05 Å². The van der Waals surface area contributed by atoms with Crippen molar-refractivity contribution in [3.63, 3.8) is 0 Å². The molecule has 2 heterocycles. The topological polar surface area (TPSA) is 84.7 Å². The van der Waals surface area contributed by atoms with Gasteiger partial charge in [-0.1, -0.05) is 11.5 Å². The van der Waals surface area contributed by atoms with Gasteiger partial charge in [-0.05, 0) is 36.4 Å². The fraction of sp³-hybridized carbons (Fsp3) is 0.800. The first-order valence-corrected chi connectivity index (χ1v) is 6.02. The van der Waals surface area contributed by atoms with E-state index in [4.69, 9.17) is 0 Å². The summed E-state index contributed by atoms with van der Waals surface area (Å²) in [6.07, 6.45) is 3.62. The van der Waals surface area contributed by atoms with E-state index in [0.29, 0.717) is 11.8 Å². The van der Waals surface area contributed by atoms with Crippen LogP contribution < -0.4 is 10.6 Å². The molecule has 7 nitrogen and oxygen atoms in total. The number of fused-ring (bicyclic) bond motifs is 1. The molecule has 1 aromatic rings. The van der Waals surface area contributed by atoms with Crippen molar-refractivity contribution < 1.29 is 4.79 Å². The van der Waals surface area contributed by atoms with Crippen molar-refractivity contribution in [3.8, 4) is 0 Å². The van der Waals surface area contributed by atoms with Crippen molar-refractivity contribution in [2.45, 2.75) is 25.3 Å². The van der Waals surface area contributed by atoms with E-state index in [1.807, 2.05) is 0 Å². The lowest BCUT2D eigenvalue weighted by atomic mass is 9.94. The molecule has 1 aliphatic carbocycles. The molecule has 3 unspecified atom stereocenters. The second-order valence-corrected chi connectivity index (χ2v) is 4.83. The SMILES string of the molecule is Cn1nnc(NC(=O)C2NCC3CCCC32)n1. The van der Waals surface area contributed by atoms with Gasteiger partial charge in [0.05, 0.1) is 13.1 Å². The molecule has 1 aromatic heterocycles. The lowest BCUT2D eigenvalue weighted by Gasteiger charge is -2.16. The summed E-state index contributed by atoms with van der Waals surface area (Å²) in [5, 5.41) is 17.4. The summed E-state index contributed by atoms with van der Waals surface area (Å²) < 4.78 is 0. The minimum atomic E-state index is -0.0914. The Labute approximate surface area is 98.9 Å². The Bertz CT molecular complexity index is 430. The first kappa shape index (κ1) is 10.6. The van der Waals surface area contributed by atoms with Crippen molar-refractivity contribution in [2.75, 3.05) is 11.9 Å². The molecule has 1 aliphatic heterocycles. The number of nitrogens with one attached hydrogen (secondary N) is 2. The van der Waals surface area contributed by atoms with Crippen molar-refractivity contribution in [2.24, 2.45) is 18.9 Å². The van der Waals surface area contributed by atoms with Crippen LogP contribution in [0.3, 0.4) is 0 Å². The number of tetrazole rings is 1. The Morgan fingerprint density at radius 2 is 2.41 bits per heavy atom. The number of aromatic nitrogens is 4. The van der Waals surface area contributed by atoms with Crippen LogP contribution >= 0.6 is 0 Å². The second kappa shape index (κ2) is 4.06. The number of rotatable bonds is 2. The highest BCUT2D eigenvalue weighted by Gasteiger charge is 2.42. The van der Waals surface area contributed by atoms with Gasteiger partial charge in [-0.25, -0.2) is 0 Å². The number of amides is 1. The Kier molecular flexibility index (Phi) is 2.54. The fourth-order valence-corrected chi connectivity index (χ4v) is 3.00. The number of carbonyl (C=O) groups is 1. The maximum Gasteiger partial charge on any atom is 0.270 e. The van der Waals surface area contributed by atoms with E-state index in [2.05, 4.69) is 26.0 Å². The summed E-state index contributed by atoms with van der Waals surface area (Å²) in [5.74, 6) is 1.39. The highest BCUT2D eigenvalue weighted by molar-refractivity contribution is 5.93. The number of nitrogens with zero attached hydrogens (tertiary/aromatic N) is 4. The van der Waals surface area contributed by atoms with E-state index in [-0.39, 0.29) is 17.9 Å². The molecule has 2 fully saturated rings. The molecule has 92 valence electrons. The van der Waals surface area contributed by atoms with Crippen LogP contribution in [-0.4, -0.2) is 38.7 Å². The van der Waals surface area contributed by atoms with Gasteiger partial charge in [0.2, 0.25) is 5.91 Å². The predicted molar refractivity (Wildman–Crippen MR) is 60.0 cm³/mol. The maximum atomic E-state index is 12.1. The van der Waals surface area contributed by atoms with Crippen LogP contribution in [0, 0.1) is 11.8 Å². The molecule has 0 bridgehead atoms. The molecule has 3 atom stereocenters. The molecule has 2 N–H and O–H groups in total. The number of aryl methyl sites for hydroxylation is 1. The van der Waals surface area contributed by atoms with Gasteiger partial charge in [0, 0.05) is 0 Å². The Hall–Kier alpha value is -1.50. The molecule has 0 radical (unpaired) electrons. The van der Waals surface area contributed by atoms with E-state index in [0.717, 1.165) is 13.0 Å². The average molecular weight is 236 g/mol. The molecule has 17 heavy (non-hydrogen) atoms. The highest BCUT2D eigenvalue weighted by Crippen LogP contribution is 2.37. The Balaban J connectivity index is 1.66. The lowest BCUT2D eigenvalue weighted by molar-refractivity contribution is -0.118. The van der Waals surface area contributed by atoms with Crippen LogP contribution in [0.25, 0.3) is 0 Å². The van der Waals surface area contributed by atoms with Gasteiger partial charge < -0.3 is 5.32 Å². The van der Waals surface area contributed by atoms with Crippen LogP contribution in [0.1, 0.15) is 19.3 Å². The lowest BCUT2D eigenvalue weighted by Crippen LogP contribution is -2.40. The normalized spacial score (nSPS) is 31.5. The van der Waals surface area contributed by atoms with Gasteiger partial charge in [0.25, 0.3) is 5.95 Å². The summed E-state index contributed by atoms with van der Waals surface area (Å²) >= 11 is 0. The summed E-state index contributed by atoms with van der Waals surface area (Å²) in [7, 11) is 1.67. The van der Waals surface area contributed by atoms with E-state index < -0.39 is 0 Å². The Morgan fingerprint density at radius 3 is 3.18 bits per heavy atom. The predicted octanol–water partition coefficient (Wildman–Crippen LogP) is -0.463. The molecule has 2 aliphatic rings. The molecule has 1 amide bonds. The van der Waals surface area contributed by atoms with Gasteiger partial charge in [-0.2, -0.15) is 4.80 Å². The third kappa shape index (κ3) is 1.90. The third-order valence-corrected chi connectivity index (χ3v) is 3.77. The van der Waals surface area contributed by atoms with E-state index in [9.17, 15) is 4.79 Å². The molecule has 0 spiro atoms. The molecule has 0 aromatic carbocycles. The maximum absolute atomic E-state index is 12.1. The molecule has 1 saturated heterocycles. The minimum absolute atomic E-state index is 0.0348.